The second-order valence-electron chi connectivity index (χ2n) is 6.63. The van der Waals surface area contributed by atoms with Gasteiger partial charge in [-0.1, -0.05) is 18.2 Å². The van der Waals surface area contributed by atoms with Crippen molar-refractivity contribution in [3.05, 3.63) is 54.1 Å². The molecule has 10 heteroatoms. The maximum atomic E-state index is 12.4. The third-order valence-electron chi connectivity index (χ3n) is 4.28. The predicted molar refractivity (Wildman–Crippen MR) is 111 cm³/mol. The van der Waals surface area contributed by atoms with Crippen LogP contribution in [-0.4, -0.2) is 59.2 Å². The second-order valence-corrected chi connectivity index (χ2v) is 8.64. The van der Waals surface area contributed by atoms with E-state index in [9.17, 15) is 22.3 Å². The molecule has 0 unspecified atom stereocenters. The van der Waals surface area contributed by atoms with Crippen LogP contribution in [0.2, 0.25) is 0 Å². The third-order valence-corrected chi connectivity index (χ3v) is 5.49. The Bertz CT molecular complexity index is 894. The summed E-state index contributed by atoms with van der Waals surface area (Å²) < 4.78 is 59.0. The normalized spacial score (nSPS) is 12.6. The van der Waals surface area contributed by atoms with Gasteiger partial charge < -0.3 is 19.9 Å². The molecule has 0 saturated carbocycles. The topological polar surface area (TPSA) is 88.1 Å². The van der Waals surface area contributed by atoms with Crippen LogP contribution in [-0.2, 0) is 16.4 Å². The number of benzene rings is 2. The van der Waals surface area contributed by atoms with Gasteiger partial charge >= 0.3 is 6.61 Å². The molecule has 0 amide bonds. The lowest BCUT2D eigenvalue weighted by Gasteiger charge is -2.17. The molecule has 2 rings (SSSR count). The summed E-state index contributed by atoms with van der Waals surface area (Å²) in [5.41, 5.74) is 1.15. The SMILES string of the molecule is CN(c1ccc(OC[C@@H](O)CNCCc2ccccc2OC(F)F)cc1)S(C)(=O)=O. The van der Waals surface area contributed by atoms with Crippen LogP contribution in [0.3, 0.4) is 0 Å². The fourth-order valence-corrected chi connectivity index (χ4v) is 3.11. The second kappa shape index (κ2) is 11.1. The first kappa shape index (κ1) is 23.8. The zero-order valence-corrected chi connectivity index (χ0v) is 17.6. The van der Waals surface area contributed by atoms with Crippen LogP contribution < -0.4 is 19.1 Å². The molecule has 0 fully saturated rings. The first-order chi connectivity index (χ1) is 14.2. The van der Waals surface area contributed by atoms with Gasteiger partial charge in [-0.15, -0.1) is 0 Å². The molecule has 2 aromatic rings. The molecule has 0 aliphatic rings. The van der Waals surface area contributed by atoms with Crippen molar-refractivity contribution in [2.45, 2.75) is 19.1 Å². The minimum absolute atomic E-state index is 0.0410. The van der Waals surface area contributed by atoms with E-state index >= 15 is 0 Å². The Morgan fingerprint density at radius 1 is 1.13 bits per heavy atom. The number of anilines is 1. The van der Waals surface area contributed by atoms with Crippen LogP contribution in [0.5, 0.6) is 11.5 Å². The summed E-state index contributed by atoms with van der Waals surface area (Å²) in [6.45, 7) is -2.11. The van der Waals surface area contributed by atoms with Crippen molar-refractivity contribution in [1.82, 2.24) is 5.32 Å². The van der Waals surface area contributed by atoms with Gasteiger partial charge in [0.1, 0.15) is 24.2 Å². The van der Waals surface area contributed by atoms with Crippen molar-refractivity contribution in [2.75, 3.05) is 37.3 Å². The van der Waals surface area contributed by atoms with E-state index in [1.165, 1.54) is 13.1 Å². The number of sulfonamides is 1. The molecule has 0 saturated heterocycles. The Morgan fingerprint density at radius 2 is 1.80 bits per heavy atom. The molecule has 166 valence electrons. The molecule has 0 aromatic heterocycles. The monoisotopic (exact) mass is 444 g/mol. The number of nitrogens with zero attached hydrogens (tertiary/aromatic N) is 1. The van der Waals surface area contributed by atoms with Crippen molar-refractivity contribution in [3.63, 3.8) is 0 Å². The van der Waals surface area contributed by atoms with E-state index < -0.39 is 22.7 Å². The van der Waals surface area contributed by atoms with Gasteiger partial charge in [-0.25, -0.2) is 8.42 Å². The number of alkyl halides is 2. The fourth-order valence-electron chi connectivity index (χ4n) is 2.61. The molecule has 0 aliphatic heterocycles. The molecule has 7 nitrogen and oxygen atoms in total. The van der Waals surface area contributed by atoms with Crippen molar-refractivity contribution >= 4 is 15.7 Å². The van der Waals surface area contributed by atoms with Gasteiger partial charge in [0.05, 0.1) is 11.9 Å². The molecule has 2 N–H and O–H groups in total. The maximum Gasteiger partial charge on any atom is 0.387 e. The number of halogens is 2. The maximum absolute atomic E-state index is 12.4. The molecule has 0 radical (unpaired) electrons. The average Bonchev–Trinajstić information content (AvgIpc) is 2.69. The Kier molecular flexibility index (Phi) is 8.82. The summed E-state index contributed by atoms with van der Waals surface area (Å²) in [6, 6.07) is 13.0. The van der Waals surface area contributed by atoms with E-state index in [1.807, 2.05) is 0 Å². The number of rotatable bonds is 12. The lowest BCUT2D eigenvalue weighted by Crippen LogP contribution is -2.32. The summed E-state index contributed by atoms with van der Waals surface area (Å²) in [7, 11) is -1.88. The highest BCUT2D eigenvalue weighted by Gasteiger charge is 2.12. The molecule has 1 atom stereocenters. The molecule has 30 heavy (non-hydrogen) atoms. The molecule has 0 bridgehead atoms. The van der Waals surface area contributed by atoms with E-state index in [0.29, 0.717) is 30.0 Å². The number of ether oxygens (including phenoxy) is 2. The number of hydrogen-bond donors (Lipinski definition) is 2. The number of hydrogen-bond acceptors (Lipinski definition) is 6. The first-order valence-corrected chi connectivity index (χ1v) is 11.1. The molecular weight excluding hydrogens is 418 g/mol. The minimum atomic E-state index is -3.34. The third kappa shape index (κ3) is 7.77. The quantitative estimate of drug-likeness (QED) is 0.489. The zero-order chi connectivity index (χ0) is 22.1. The lowest BCUT2D eigenvalue weighted by atomic mass is 10.1. The van der Waals surface area contributed by atoms with Crippen molar-refractivity contribution < 1.29 is 31.8 Å². The number of nitrogens with one attached hydrogen (secondary N) is 1. The van der Waals surface area contributed by atoms with Crippen LogP contribution in [0, 0.1) is 0 Å². The lowest BCUT2D eigenvalue weighted by molar-refractivity contribution is -0.0504. The highest BCUT2D eigenvalue weighted by atomic mass is 32.2. The number of aliphatic hydroxyl groups excluding tert-OH is 1. The van der Waals surface area contributed by atoms with Gasteiger partial charge in [-0.05, 0) is 48.9 Å². The zero-order valence-electron chi connectivity index (χ0n) is 16.8. The van der Waals surface area contributed by atoms with Gasteiger partial charge in [0.15, 0.2) is 0 Å². The van der Waals surface area contributed by atoms with E-state index in [1.54, 1.807) is 42.5 Å². The van der Waals surface area contributed by atoms with Gasteiger partial charge in [0.2, 0.25) is 10.0 Å². The summed E-state index contributed by atoms with van der Waals surface area (Å²) in [6.07, 6.45) is 0.799. The van der Waals surface area contributed by atoms with Gasteiger partial charge in [-0.2, -0.15) is 8.78 Å². The molecule has 0 heterocycles. The Labute approximate surface area is 175 Å². The summed E-state index contributed by atoms with van der Waals surface area (Å²) in [4.78, 5) is 0. The van der Waals surface area contributed by atoms with Gasteiger partial charge in [0, 0.05) is 13.6 Å². The van der Waals surface area contributed by atoms with Crippen molar-refractivity contribution in [1.29, 1.82) is 0 Å². The Morgan fingerprint density at radius 3 is 2.43 bits per heavy atom. The van der Waals surface area contributed by atoms with E-state index in [-0.39, 0.29) is 18.9 Å². The van der Waals surface area contributed by atoms with Gasteiger partial charge in [-0.3, -0.25) is 4.31 Å². The summed E-state index contributed by atoms with van der Waals surface area (Å²) in [5, 5.41) is 13.1. The van der Waals surface area contributed by atoms with Gasteiger partial charge in [0.25, 0.3) is 0 Å². The van der Waals surface area contributed by atoms with Crippen LogP contribution in [0.1, 0.15) is 5.56 Å². The minimum Gasteiger partial charge on any atom is -0.491 e. The highest BCUT2D eigenvalue weighted by molar-refractivity contribution is 7.92. The number of para-hydroxylation sites is 1. The van der Waals surface area contributed by atoms with E-state index in [4.69, 9.17) is 4.74 Å². The van der Waals surface area contributed by atoms with Crippen LogP contribution >= 0.6 is 0 Å². The average molecular weight is 445 g/mol. The number of aliphatic hydroxyl groups is 1. The molecule has 0 spiro atoms. The predicted octanol–water partition coefficient (Wildman–Crippen LogP) is 2.26. The van der Waals surface area contributed by atoms with Crippen molar-refractivity contribution in [3.8, 4) is 11.5 Å². The fraction of sp³-hybridized carbons (Fsp3) is 0.400. The smallest absolute Gasteiger partial charge is 0.387 e. The standard InChI is InChI=1S/C20H26F2N2O5S/c1-24(30(2,26)27)16-7-9-18(10-8-16)28-14-17(25)13-23-12-11-15-5-3-4-6-19(15)29-20(21)22/h3-10,17,20,23,25H,11-14H2,1-2H3/t17-/m0/s1. The van der Waals surface area contributed by atoms with Crippen LogP contribution in [0.25, 0.3) is 0 Å². The van der Waals surface area contributed by atoms with Crippen LogP contribution in [0.4, 0.5) is 14.5 Å². The highest BCUT2D eigenvalue weighted by Crippen LogP contribution is 2.21. The molecule has 2 aromatic carbocycles. The molecule has 0 aliphatic carbocycles. The summed E-state index contributed by atoms with van der Waals surface area (Å²) in [5.74, 6) is 0.640. The first-order valence-electron chi connectivity index (χ1n) is 9.25. The van der Waals surface area contributed by atoms with E-state index in [2.05, 4.69) is 10.1 Å². The Balaban J connectivity index is 1.72. The van der Waals surface area contributed by atoms with E-state index in [0.717, 1.165) is 10.6 Å². The summed E-state index contributed by atoms with van der Waals surface area (Å²) >= 11 is 0. The van der Waals surface area contributed by atoms with Crippen LogP contribution in [0.15, 0.2) is 48.5 Å². The Hall–Kier alpha value is -2.43. The molecular formula is C20H26F2N2O5S. The van der Waals surface area contributed by atoms with Crippen molar-refractivity contribution in [2.24, 2.45) is 0 Å². The largest absolute Gasteiger partial charge is 0.491 e.